The summed E-state index contributed by atoms with van der Waals surface area (Å²) < 4.78 is 7.09. The molecule has 3 heterocycles. The van der Waals surface area contributed by atoms with Gasteiger partial charge in [0.1, 0.15) is 5.76 Å². The van der Waals surface area contributed by atoms with Crippen LogP contribution in [0, 0.1) is 6.92 Å². The number of ether oxygens (including phenoxy) is 1. The number of carbonyl (C=O) groups excluding carboxylic acids is 2. The lowest BCUT2D eigenvalue weighted by atomic mass is 9.95. The Balaban J connectivity index is 1.57. The highest BCUT2D eigenvalue weighted by Crippen LogP contribution is 2.41. The lowest BCUT2D eigenvalue weighted by molar-refractivity contribution is -0.140. The molecule has 0 aliphatic carbocycles. The molecule has 2 aliphatic rings. The molecule has 0 saturated carbocycles. The van der Waals surface area contributed by atoms with E-state index in [4.69, 9.17) is 27.9 Å². The molecule has 1 N–H and O–H groups in total. The summed E-state index contributed by atoms with van der Waals surface area (Å²) in [6.45, 7) is 5.42. The van der Waals surface area contributed by atoms with Crippen molar-refractivity contribution in [2.45, 2.75) is 13.0 Å². The van der Waals surface area contributed by atoms with Gasteiger partial charge >= 0.3 is 0 Å². The number of carbonyl (C=O) groups is 2. The van der Waals surface area contributed by atoms with E-state index in [9.17, 15) is 14.7 Å². The maximum absolute atomic E-state index is 13.4. The van der Waals surface area contributed by atoms with Crippen LogP contribution in [0.4, 0.5) is 0 Å². The molecular weight excluding hydrogens is 515 g/mol. The fourth-order valence-corrected chi connectivity index (χ4v) is 5.14. The molecule has 0 radical (unpaired) electrons. The maximum Gasteiger partial charge on any atom is 0.295 e. The van der Waals surface area contributed by atoms with Gasteiger partial charge in [0.05, 0.1) is 58.0 Å². The van der Waals surface area contributed by atoms with Crippen molar-refractivity contribution >= 4 is 40.7 Å². The van der Waals surface area contributed by atoms with Crippen molar-refractivity contribution in [3.05, 3.63) is 87.2 Å². The van der Waals surface area contributed by atoms with Gasteiger partial charge in [0.25, 0.3) is 11.7 Å². The summed E-state index contributed by atoms with van der Waals surface area (Å²) in [5, 5.41) is 16.6. The number of rotatable bonds is 6. The molecular formula is C27H26Cl2N4O4. The van der Waals surface area contributed by atoms with Crippen molar-refractivity contribution in [3.63, 3.8) is 0 Å². The number of nitrogens with zero attached hydrogens (tertiary/aromatic N) is 4. The summed E-state index contributed by atoms with van der Waals surface area (Å²) in [6.07, 6.45) is 1.50. The Labute approximate surface area is 224 Å². The van der Waals surface area contributed by atoms with Crippen LogP contribution in [-0.2, 0) is 14.3 Å². The molecule has 0 spiro atoms. The van der Waals surface area contributed by atoms with Crippen LogP contribution in [0.1, 0.15) is 22.9 Å². The number of hydrogen-bond donors (Lipinski definition) is 1. The first-order chi connectivity index (χ1) is 17.9. The minimum Gasteiger partial charge on any atom is -0.507 e. The Kier molecular flexibility index (Phi) is 7.35. The minimum atomic E-state index is -0.824. The summed E-state index contributed by atoms with van der Waals surface area (Å²) >= 11 is 12.5. The number of para-hydroxylation sites is 1. The molecule has 192 valence electrons. The predicted molar refractivity (Wildman–Crippen MR) is 141 cm³/mol. The lowest BCUT2D eigenvalue weighted by Gasteiger charge is -2.31. The van der Waals surface area contributed by atoms with Crippen LogP contribution >= 0.6 is 23.2 Å². The minimum absolute atomic E-state index is 0.000998. The normalized spacial score (nSPS) is 20.1. The van der Waals surface area contributed by atoms with Crippen LogP contribution in [0.2, 0.25) is 10.0 Å². The molecule has 10 heteroatoms. The molecule has 37 heavy (non-hydrogen) atoms. The summed E-state index contributed by atoms with van der Waals surface area (Å²) in [6, 6.07) is 13.6. The molecule has 8 nitrogen and oxygen atoms in total. The SMILES string of the molecule is Cc1c(C(O)=C2C(=O)C(=O)N(CCN3CCOCC3)C2c2ccc(Cl)c(Cl)c2)cnn1-c1ccccc1. The Morgan fingerprint density at radius 2 is 1.78 bits per heavy atom. The lowest BCUT2D eigenvalue weighted by Crippen LogP contribution is -2.42. The number of hydrogen-bond acceptors (Lipinski definition) is 6. The quantitative estimate of drug-likeness (QED) is 0.286. The van der Waals surface area contributed by atoms with E-state index in [1.54, 1.807) is 29.8 Å². The standard InChI is InChI=1S/C27H26Cl2N4O4/c1-17-20(16-30-33(17)19-5-3-2-4-6-19)25(34)23-24(18-7-8-21(28)22(29)15-18)32(27(36)26(23)35)10-9-31-11-13-37-14-12-31/h2-8,15-16,24,34H,9-14H2,1H3. The van der Waals surface area contributed by atoms with Gasteiger partial charge in [-0.15, -0.1) is 0 Å². The third-order valence-corrected chi connectivity index (χ3v) is 7.56. The Bertz CT molecular complexity index is 1370. The van der Waals surface area contributed by atoms with Crippen LogP contribution in [0.3, 0.4) is 0 Å². The summed E-state index contributed by atoms with van der Waals surface area (Å²) in [5.74, 6) is -1.69. The fourth-order valence-electron chi connectivity index (χ4n) is 4.83. The Morgan fingerprint density at radius 1 is 1.05 bits per heavy atom. The van der Waals surface area contributed by atoms with Crippen molar-refractivity contribution in [1.82, 2.24) is 19.6 Å². The number of likely N-dealkylation sites (tertiary alicyclic amines) is 1. The molecule has 2 aliphatic heterocycles. The van der Waals surface area contributed by atoms with Crippen molar-refractivity contribution in [2.24, 2.45) is 0 Å². The van der Waals surface area contributed by atoms with Gasteiger partial charge in [-0.1, -0.05) is 47.5 Å². The average molecular weight is 541 g/mol. The number of halogens is 2. The zero-order chi connectivity index (χ0) is 26.1. The fraction of sp³-hybridized carbons (Fsp3) is 0.296. The van der Waals surface area contributed by atoms with Crippen LogP contribution in [0.5, 0.6) is 0 Å². The molecule has 1 amide bonds. The number of aliphatic hydroxyl groups is 1. The first kappa shape index (κ1) is 25.5. The van der Waals surface area contributed by atoms with Gasteiger partial charge in [-0.05, 0) is 36.8 Å². The molecule has 1 unspecified atom stereocenters. The van der Waals surface area contributed by atoms with Gasteiger partial charge in [-0.2, -0.15) is 5.10 Å². The van der Waals surface area contributed by atoms with Gasteiger partial charge in [0, 0.05) is 26.2 Å². The number of aromatic nitrogens is 2. The van der Waals surface area contributed by atoms with Crippen LogP contribution in [0.15, 0.2) is 60.3 Å². The first-order valence-corrected chi connectivity index (χ1v) is 12.8. The summed E-state index contributed by atoms with van der Waals surface area (Å²) in [7, 11) is 0. The molecule has 3 aromatic rings. The van der Waals surface area contributed by atoms with E-state index in [0.29, 0.717) is 53.2 Å². The van der Waals surface area contributed by atoms with E-state index in [2.05, 4.69) is 10.00 Å². The monoisotopic (exact) mass is 540 g/mol. The number of Topliss-reactive ketones (excluding diaryl/α,β-unsaturated/α-hetero) is 1. The summed E-state index contributed by atoms with van der Waals surface area (Å²) in [4.78, 5) is 30.3. The smallest absolute Gasteiger partial charge is 0.295 e. The second-order valence-electron chi connectivity index (χ2n) is 9.01. The van der Waals surface area contributed by atoms with Crippen molar-refractivity contribution in [1.29, 1.82) is 0 Å². The highest BCUT2D eigenvalue weighted by molar-refractivity contribution is 6.47. The molecule has 2 saturated heterocycles. The second-order valence-corrected chi connectivity index (χ2v) is 9.83. The largest absolute Gasteiger partial charge is 0.507 e. The van der Waals surface area contributed by atoms with Gasteiger partial charge < -0.3 is 14.7 Å². The third-order valence-electron chi connectivity index (χ3n) is 6.83. The van der Waals surface area contributed by atoms with Crippen molar-refractivity contribution in [3.8, 4) is 5.69 Å². The Morgan fingerprint density at radius 3 is 2.49 bits per heavy atom. The number of amides is 1. The average Bonchev–Trinajstić information content (AvgIpc) is 3.42. The van der Waals surface area contributed by atoms with Gasteiger partial charge in [0.2, 0.25) is 0 Å². The summed E-state index contributed by atoms with van der Waals surface area (Å²) in [5.41, 5.74) is 2.41. The Hall–Kier alpha value is -3.17. The van der Waals surface area contributed by atoms with Gasteiger partial charge in [0.15, 0.2) is 0 Å². The predicted octanol–water partition coefficient (Wildman–Crippen LogP) is 4.24. The zero-order valence-corrected chi connectivity index (χ0v) is 21.7. The molecule has 5 rings (SSSR count). The number of ketones is 1. The van der Waals surface area contributed by atoms with E-state index >= 15 is 0 Å². The van der Waals surface area contributed by atoms with E-state index in [1.165, 1.54) is 11.1 Å². The number of benzene rings is 2. The zero-order valence-electron chi connectivity index (χ0n) is 20.2. The van der Waals surface area contributed by atoms with Crippen molar-refractivity contribution in [2.75, 3.05) is 39.4 Å². The number of aliphatic hydroxyl groups excluding tert-OH is 1. The van der Waals surface area contributed by atoms with Gasteiger partial charge in [-0.25, -0.2) is 4.68 Å². The first-order valence-electron chi connectivity index (χ1n) is 12.0. The van der Waals surface area contributed by atoms with E-state index < -0.39 is 17.7 Å². The topological polar surface area (TPSA) is 87.9 Å². The van der Waals surface area contributed by atoms with E-state index in [0.717, 1.165) is 18.8 Å². The molecule has 1 aromatic heterocycles. The van der Waals surface area contributed by atoms with E-state index in [-0.39, 0.29) is 11.3 Å². The van der Waals surface area contributed by atoms with Crippen LogP contribution in [-0.4, -0.2) is 75.8 Å². The highest BCUT2D eigenvalue weighted by Gasteiger charge is 2.46. The third kappa shape index (κ3) is 4.90. The molecule has 0 bridgehead atoms. The molecule has 2 aromatic carbocycles. The maximum atomic E-state index is 13.4. The van der Waals surface area contributed by atoms with E-state index in [1.807, 2.05) is 30.3 Å². The highest BCUT2D eigenvalue weighted by atomic mass is 35.5. The van der Waals surface area contributed by atoms with Gasteiger partial charge in [-0.3, -0.25) is 14.5 Å². The van der Waals surface area contributed by atoms with Crippen molar-refractivity contribution < 1.29 is 19.4 Å². The van der Waals surface area contributed by atoms with Crippen LogP contribution in [0.25, 0.3) is 11.4 Å². The van der Waals surface area contributed by atoms with Crippen LogP contribution < -0.4 is 0 Å². The molecule has 1 atom stereocenters. The molecule has 2 fully saturated rings. The second kappa shape index (κ2) is 10.7. The number of morpholine rings is 1.